The van der Waals surface area contributed by atoms with Crippen LogP contribution in [0.3, 0.4) is 0 Å². The van der Waals surface area contributed by atoms with Gasteiger partial charge in [-0.1, -0.05) is 6.92 Å². The van der Waals surface area contributed by atoms with E-state index in [-0.39, 0.29) is 0 Å². The Morgan fingerprint density at radius 3 is 3.00 bits per heavy atom. The first-order valence-electron chi connectivity index (χ1n) is 5.83. The van der Waals surface area contributed by atoms with Gasteiger partial charge >= 0.3 is 0 Å². The average molecular weight is 201 g/mol. The van der Waals surface area contributed by atoms with Crippen molar-refractivity contribution < 1.29 is 9.47 Å². The summed E-state index contributed by atoms with van der Waals surface area (Å²) in [7, 11) is 0. The van der Waals surface area contributed by atoms with Crippen molar-refractivity contribution in [2.45, 2.75) is 38.7 Å². The molecule has 0 radical (unpaired) electrons. The van der Waals surface area contributed by atoms with Crippen LogP contribution in [0.4, 0.5) is 0 Å². The molecule has 1 atom stereocenters. The number of unbranched alkanes of at least 4 members (excludes halogenated alkanes) is 2. The zero-order chi connectivity index (χ0) is 10.1. The van der Waals surface area contributed by atoms with Crippen LogP contribution in [0, 0.1) is 0 Å². The second-order valence-electron chi connectivity index (χ2n) is 3.77. The van der Waals surface area contributed by atoms with Gasteiger partial charge in [-0.25, -0.2) is 0 Å². The summed E-state index contributed by atoms with van der Waals surface area (Å²) in [4.78, 5) is 0. The molecule has 1 aliphatic rings. The van der Waals surface area contributed by atoms with Gasteiger partial charge in [-0.15, -0.1) is 0 Å². The number of rotatable bonds is 8. The summed E-state index contributed by atoms with van der Waals surface area (Å²) < 4.78 is 10.9. The van der Waals surface area contributed by atoms with E-state index in [9.17, 15) is 0 Å². The quantitative estimate of drug-likeness (QED) is 0.605. The van der Waals surface area contributed by atoms with Crippen LogP contribution in [0.1, 0.15) is 32.6 Å². The molecule has 1 heterocycles. The van der Waals surface area contributed by atoms with Crippen LogP contribution in [0.15, 0.2) is 0 Å². The lowest BCUT2D eigenvalue weighted by atomic mass is 10.2. The van der Waals surface area contributed by atoms with E-state index in [4.69, 9.17) is 9.47 Å². The molecule has 1 N–H and O–H groups in total. The van der Waals surface area contributed by atoms with Crippen LogP contribution in [0.5, 0.6) is 0 Å². The highest BCUT2D eigenvalue weighted by atomic mass is 16.5. The second-order valence-corrected chi connectivity index (χ2v) is 3.77. The van der Waals surface area contributed by atoms with E-state index in [1.165, 1.54) is 19.3 Å². The van der Waals surface area contributed by atoms with E-state index in [2.05, 4.69) is 12.2 Å². The average Bonchev–Trinajstić information content (AvgIpc) is 2.69. The predicted octanol–water partition coefficient (Wildman–Crippen LogP) is 1.57. The molecule has 1 fully saturated rings. The third kappa shape index (κ3) is 5.58. The molecule has 0 amide bonds. The fourth-order valence-electron chi connectivity index (χ4n) is 1.60. The van der Waals surface area contributed by atoms with Crippen LogP contribution in [-0.4, -0.2) is 39.0 Å². The molecule has 1 aliphatic heterocycles. The van der Waals surface area contributed by atoms with Crippen LogP contribution in [0.25, 0.3) is 0 Å². The van der Waals surface area contributed by atoms with E-state index in [0.717, 1.165) is 39.3 Å². The van der Waals surface area contributed by atoms with Crippen molar-refractivity contribution in [1.82, 2.24) is 5.32 Å². The Kier molecular flexibility index (Phi) is 7.01. The maximum Gasteiger partial charge on any atom is 0.0830 e. The molecule has 0 bridgehead atoms. The summed E-state index contributed by atoms with van der Waals surface area (Å²) in [6, 6.07) is 0. The SMILES string of the molecule is CCNCCCCCOC1CCOC1. The summed E-state index contributed by atoms with van der Waals surface area (Å²) in [6.07, 6.45) is 5.17. The largest absolute Gasteiger partial charge is 0.379 e. The molecule has 0 aliphatic carbocycles. The molecule has 84 valence electrons. The van der Waals surface area contributed by atoms with Crippen LogP contribution in [-0.2, 0) is 9.47 Å². The molecule has 0 aromatic rings. The van der Waals surface area contributed by atoms with E-state index in [1.54, 1.807) is 0 Å². The highest BCUT2D eigenvalue weighted by molar-refractivity contribution is 4.62. The molecule has 1 saturated heterocycles. The number of hydrogen-bond acceptors (Lipinski definition) is 3. The van der Waals surface area contributed by atoms with Crippen molar-refractivity contribution in [2.75, 3.05) is 32.9 Å². The molecule has 0 spiro atoms. The maximum absolute atomic E-state index is 5.66. The molecule has 1 unspecified atom stereocenters. The predicted molar refractivity (Wildman–Crippen MR) is 57.6 cm³/mol. The zero-order valence-electron chi connectivity index (χ0n) is 9.26. The van der Waals surface area contributed by atoms with Gasteiger partial charge in [-0.2, -0.15) is 0 Å². The molecule has 0 aromatic heterocycles. The standard InChI is InChI=1S/C11H23NO2/c1-2-12-7-4-3-5-8-14-11-6-9-13-10-11/h11-12H,2-10H2,1H3. The minimum absolute atomic E-state index is 0.378. The van der Waals surface area contributed by atoms with Gasteiger partial charge in [-0.05, 0) is 38.8 Å². The molecule has 3 nitrogen and oxygen atoms in total. The molecule has 0 saturated carbocycles. The van der Waals surface area contributed by atoms with Gasteiger partial charge < -0.3 is 14.8 Å². The van der Waals surface area contributed by atoms with Crippen molar-refractivity contribution in [1.29, 1.82) is 0 Å². The zero-order valence-corrected chi connectivity index (χ0v) is 9.26. The molecule has 14 heavy (non-hydrogen) atoms. The molecular formula is C11H23NO2. The fourth-order valence-corrected chi connectivity index (χ4v) is 1.60. The van der Waals surface area contributed by atoms with Crippen LogP contribution < -0.4 is 5.32 Å². The first-order chi connectivity index (χ1) is 6.93. The highest BCUT2D eigenvalue weighted by Crippen LogP contribution is 2.08. The second kappa shape index (κ2) is 8.21. The van der Waals surface area contributed by atoms with Gasteiger partial charge in [-0.3, -0.25) is 0 Å². The lowest BCUT2D eigenvalue weighted by molar-refractivity contribution is 0.0406. The fraction of sp³-hybridized carbons (Fsp3) is 1.00. The number of nitrogens with one attached hydrogen (secondary N) is 1. The number of hydrogen-bond donors (Lipinski definition) is 1. The Hall–Kier alpha value is -0.120. The normalized spacial score (nSPS) is 21.6. The molecule has 1 rings (SSSR count). The van der Waals surface area contributed by atoms with Gasteiger partial charge in [0.1, 0.15) is 0 Å². The van der Waals surface area contributed by atoms with Gasteiger partial charge in [0.25, 0.3) is 0 Å². The van der Waals surface area contributed by atoms with Crippen molar-refractivity contribution in [3.8, 4) is 0 Å². The highest BCUT2D eigenvalue weighted by Gasteiger charge is 2.14. The first kappa shape index (κ1) is 12.0. The summed E-state index contributed by atoms with van der Waals surface area (Å²) in [5.41, 5.74) is 0. The van der Waals surface area contributed by atoms with E-state index in [1.807, 2.05) is 0 Å². The third-order valence-electron chi connectivity index (χ3n) is 2.49. The van der Waals surface area contributed by atoms with Gasteiger partial charge in [0.2, 0.25) is 0 Å². The number of ether oxygens (including phenoxy) is 2. The summed E-state index contributed by atoms with van der Waals surface area (Å²) in [5.74, 6) is 0. The smallest absolute Gasteiger partial charge is 0.0830 e. The Balaban J connectivity index is 1.75. The Morgan fingerprint density at radius 1 is 1.36 bits per heavy atom. The summed E-state index contributed by atoms with van der Waals surface area (Å²) in [6.45, 7) is 6.95. The van der Waals surface area contributed by atoms with Gasteiger partial charge in [0.15, 0.2) is 0 Å². The van der Waals surface area contributed by atoms with Crippen LogP contribution in [0.2, 0.25) is 0 Å². The molecular weight excluding hydrogens is 178 g/mol. The Morgan fingerprint density at radius 2 is 2.29 bits per heavy atom. The van der Waals surface area contributed by atoms with Crippen molar-refractivity contribution in [3.05, 3.63) is 0 Å². The van der Waals surface area contributed by atoms with Crippen molar-refractivity contribution >= 4 is 0 Å². The Bertz CT molecular complexity index is 124. The van der Waals surface area contributed by atoms with Crippen LogP contribution >= 0.6 is 0 Å². The molecule has 3 heteroatoms. The van der Waals surface area contributed by atoms with Crippen molar-refractivity contribution in [3.63, 3.8) is 0 Å². The topological polar surface area (TPSA) is 30.5 Å². The molecule has 0 aromatic carbocycles. The monoisotopic (exact) mass is 201 g/mol. The minimum Gasteiger partial charge on any atom is -0.379 e. The maximum atomic E-state index is 5.66. The Labute approximate surface area is 87.2 Å². The first-order valence-corrected chi connectivity index (χ1v) is 5.83. The van der Waals surface area contributed by atoms with Crippen molar-refractivity contribution in [2.24, 2.45) is 0 Å². The van der Waals surface area contributed by atoms with Gasteiger partial charge in [0, 0.05) is 13.2 Å². The summed E-state index contributed by atoms with van der Waals surface area (Å²) in [5, 5.41) is 3.32. The van der Waals surface area contributed by atoms with Gasteiger partial charge in [0.05, 0.1) is 12.7 Å². The lowest BCUT2D eigenvalue weighted by Crippen LogP contribution is -2.15. The van der Waals surface area contributed by atoms with E-state index in [0.29, 0.717) is 6.10 Å². The summed E-state index contributed by atoms with van der Waals surface area (Å²) >= 11 is 0. The van der Waals surface area contributed by atoms with E-state index < -0.39 is 0 Å². The minimum atomic E-state index is 0.378. The lowest BCUT2D eigenvalue weighted by Gasteiger charge is -2.09. The third-order valence-corrected chi connectivity index (χ3v) is 2.49. The van der Waals surface area contributed by atoms with E-state index >= 15 is 0 Å².